The molecule has 0 unspecified atom stereocenters. The minimum Gasteiger partial charge on any atom is -0.454 e. The van der Waals surface area contributed by atoms with Crippen LogP contribution >= 0.6 is 0 Å². The quantitative estimate of drug-likeness (QED) is 0.733. The maximum Gasteiger partial charge on any atom is 0.231 e. The Morgan fingerprint density at radius 1 is 1.21 bits per heavy atom. The molecule has 1 heterocycles. The summed E-state index contributed by atoms with van der Waals surface area (Å²) in [4.78, 5) is 11.6. The summed E-state index contributed by atoms with van der Waals surface area (Å²) in [7, 11) is 0. The van der Waals surface area contributed by atoms with Crippen molar-refractivity contribution in [3.63, 3.8) is 0 Å². The Morgan fingerprint density at radius 2 is 2.05 bits per heavy atom. The van der Waals surface area contributed by atoms with Gasteiger partial charge < -0.3 is 20.5 Å². The first-order valence-corrected chi connectivity index (χ1v) is 6.65. The van der Waals surface area contributed by atoms with Crippen molar-refractivity contribution < 1.29 is 14.3 Å². The molecule has 104 valence electrons. The third-order valence-corrected chi connectivity index (χ3v) is 3.03. The Balaban J connectivity index is 1.71. The minimum atomic E-state index is 0.0784. The lowest BCUT2D eigenvalue weighted by atomic mass is 10.1. The summed E-state index contributed by atoms with van der Waals surface area (Å²) in [5, 5.41) is 2.90. The SMILES string of the molecule is NCCCCCC(=O)NCc1ccc2c(c1)OCO2. The lowest BCUT2D eigenvalue weighted by Crippen LogP contribution is -2.22. The predicted octanol–water partition coefficient (Wildman–Crippen LogP) is 1.55. The summed E-state index contributed by atoms with van der Waals surface area (Å²) >= 11 is 0. The number of carbonyl (C=O) groups is 1. The zero-order chi connectivity index (χ0) is 13.5. The van der Waals surface area contributed by atoms with Crippen molar-refractivity contribution >= 4 is 5.91 Å². The molecule has 0 saturated heterocycles. The zero-order valence-corrected chi connectivity index (χ0v) is 11.0. The molecule has 19 heavy (non-hydrogen) atoms. The highest BCUT2D eigenvalue weighted by Crippen LogP contribution is 2.32. The van der Waals surface area contributed by atoms with Crippen molar-refractivity contribution in [2.24, 2.45) is 5.73 Å². The Bertz CT molecular complexity index is 435. The second kappa shape index (κ2) is 6.99. The van der Waals surface area contributed by atoms with Gasteiger partial charge in [-0.2, -0.15) is 0 Å². The molecule has 2 rings (SSSR count). The van der Waals surface area contributed by atoms with Gasteiger partial charge in [-0.1, -0.05) is 12.5 Å². The smallest absolute Gasteiger partial charge is 0.231 e. The number of nitrogens with two attached hydrogens (primary N) is 1. The van der Waals surface area contributed by atoms with Crippen LogP contribution in [0.4, 0.5) is 0 Å². The standard InChI is InChI=1S/C14H20N2O3/c15-7-3-1-2-4-14(17)16-9-11-5-6-12-13(8-11)19-10-18-12/h5-6,8H,1-4,7,9-10,15H2,(H,16,17). The van der Waals surface area contributed by atoms with E-state index in [1.54, 1.807) is 0 Å². The fourth-order valence-corrected chi connectivity index (χ4v) is 1.95. The molecular formula is C14H20N2O3. The Morgan fingerprint density at radius 3 is 2.89 bits per heavy atom. The molecule has 1 aromatic rings. The van der Waals surface area contributed by atoms with Gasteiger partial charge in [-0.05, 0) is 37.1 Å². The lowest BCUT2D eigenvalue weighted by Gasteiger charge is -2.06. The molecule has 0 radical (unpaired) electrons. The highest BCUT2D eigenvalue weighted by atomic mass is 16.7. The van der Waals surface area contributed by atoms with Crippen LogP contribution in [-0.4, -0.2) is 19.2 Å². The second-order valence-corrected chi connectivity index (χ2v) is 4.56. The van der Waals surface area contributed by atoms with Crippen molar-refractivity contribution in [2.45, 2.75) is 32.2 Å². The van der Waals surface area contributed by atoms with E-state index in [1.165, 1.54) is 0 Å². The number of benzene rings is 1. The molecular weight excluding hydrogens is 244 g/mol. The third kappa shape index (κ3) is 4.13. The van der Waals surface area contributed by atoms with E-state index in [0.717, 1.165) is 36.3 Å². The van der Waals surface area contributed by atoms with Crippen molar-refractivity contribution in [3.8, 4) is 11.5 Å². The van der Waals surface area contributed by atoms with Gasteiger partial charge in [-0.3, -0.25) is 4.79 Å². The molecule has 0 atom stereocenters. The second-order valence-electron chi connectivity index (χ2n) is 4.56. The predicted molar refractivity (Wildman–Crippen MR) is 71.9 cm³/mol. The van der Waals surface area contributed by atoms with Crippen LogP contribution in [0.25, 0.3) is 0 Å². The first-order valence-electron chi connectivity index (χ1n) is 6.65. The van der Waals surface area contributed by atoms with Gasteiger partial charge in [0.15, 0.2) is 11.5 Å². The third-order valence-electron chi connectivity index (χ3n) is 3.03. The summed E-state index contributed by atoms with van der Waals surface area (Å²) in [6.45, 7) is 1.48. The van der Waals surface area contributed by atoms with Gasteiger partial charge in [0.25, 0.3) is 0 Å². The van der Waals surface area contributed by atoms with Gasteiger partial charge in [0, 0.05) is 13.0 Å². The maximum atomic E-state index is 11.6. The van der Waals surface area contributed by atoms with Gasteiger partial charge >= 0.3 is 0 Å². The van der Waals surface area contributed by atoms with Crippen LogP contribution in [0.5, 0.6) is 11.5 Å². The van der Waals surface area contributed by atoms with Crippen molar-refractivity contribution in [1.29, 1.82) is 0 Å². The van der Waals surface area contributed by atoms with Crippen LogP contribution in [-0.2, 0) is 11.3 Å². The molecule has 1 aliphatic heterocycles. The summed E-state index contributed by atoms with van der Waals surface area (Å²) in [5.41, 5.74) is 6.42. The number of ether oxygens (including phenoxy) is 2. The molecule has 0 aromatic heterocycles. The molecule has 0 aliphatic carbocycles. The van der Waals surface area contributed by atoms with E-state index in [0.29, 0.717) is 19.5 Å². The van der Waals surface area contributed by atoms with Gasteiger partial charge in [-0.15, -0.1) is 0 Å². The van der Waals surface area contributed by atoms with E-state index in [2.05, 4.69) is 5.32 Å². The van der Waals surface area contributed by atoms with Crippen molar-refractivity contribution in [1.82, 2.24) is 5.32 Å². The maximum absolute atomic E-state index is 11.6. The van der Waals surface area contributed by atoms with Gasteiger partial charge in [-0.25, -0.2) is 0 Å². The number of rotatable bonds is 7. The Hall–Kier alpha value is -1.75. The number of unbranched alkanes of at least 4 members (excludes halogenated alkanes) is 2. The Labute approximate surface area is 113 Å². The van der Waals surface area contributed by atoms with Crippen LogP contribution < -0.4 is 20.5 Å². The molecule has 3 N–H and O–H groups in total. The highest BCUT2D eigenvalue weighted by molar-refractivity contribution is 5.75. The fraction of sp³-hybridized carbons (Fsp3) is 0.500. The van der Waals surface area contributed by atoms with Crippen LogP contribution in [0.3, 0.4) is 0 Å². The van der Waals surface area contributed by atoms with Crippen LogP contribution in [0, 0.1) is 0 Å². The molecule has 5 heteroatoms. The largest absolute Gasteiger partial charge is 0.454 e. The minimum absolute atomic E-state index is 0.0784. The van der Waals surface area contributed by atoms with Crippen molar-refractivity contribution in [3.05, 3.63) is 23.8 Å². The van der Waals surface area contributed by atoms with E-state index in [1.807, 2.05) is 18.2 Å². The number of carbonyl (C=O) groups excluding carboxylic acids is 1. The number of hydrogen-bond donors (Lipinski definition) is 2. The monoisotopic (exact) mass is 264 g/mol. The Kier molecular flexibility index (Phi) is 5.03. The fourth-order valence-electron chi connectivity index (χ4n) is 1.95. The number of fused-ring (bicyclic) bond motifs is 1. The molecule has 1 amide bonds. The highest BCUT2D eigenvalue weighted by Gasteiger charge is 2.13. The van der Waals surface area contributed by atoms with Crippen LogP contribution in [0.15, 0.2) is 18.2 Å². The average Bonchev–Trinajstić information content (AvgIpc) is 2.89. The summed E-state index contributed by atoms with van der Waals surface area (Å²) in [6.07, 6.45) is 3.44. The number of hydrogen-bond acceptors (Lipinski definition) is 4. The number of amides is 1. The number of nitrogens with one attached hydrogen (secondary N) is 1. The first kappa shape index (κ1) is 13.7. The normalized spacial score (nSPS) is 12.5. The zero-order valence-electron chi connectivity index (χ0n) is 11.0. The molecule has 0 saturated carbocycles. The van der Waals surface area contributed by atoms with E-state index < -0.39 is 0 Å². The van der Waals surface area contributed by atoms with E-state index in [-0.39, 0.29) is 12.7 Å². The topological polar surface area (TPSA) is 73.6 Å². The van der Waals surface area contributed by atoms with Crippen LogP contribution in [0.2, 0.25) is 0 Å². The molecule has 0 bridgehead atoms. The molecule has 0 fully saturated rings. The van der Waals surface area contributed by atoms with Crippen molar-refractivity contribution in [2.75, 3.05) is 13.3 Å². The van der Waals surface area contributed by atoms with Gasteiger partial charge in [0.1, 0.15) is 0 Å². The lowest BCUT2D eigenvalue weighted by molar-refractivity contribution is -0.121. The van der Waals surface area contributed by atoms with Crippen LogP contribution in [0.1, 0.15) is 31.2 Å². The van der Waals surface area contributed by atoms with E-state index >= 15 is 0 Å². The molecule has 1 aliphatic rings. The first-order chi connectivity index (χ1) is 9.29. The summed E-state index contributed by atoms with van der Waals surface area (Å²) < 4.78 is 10.5. The van der Waals surface area contributed by atoms with E-state index in [9.17, 15) is 4.79 Å². The molecule has 0 spiro atoms. The van der Waals surface area contributed by atoms with E-state index in [4.69, 9.17) is 15.2 Å². The molecule has 5 nitrogen and oxygen atoms in total. The van der Waals surface area contributed by atoms with Gasteiger partial charge in [0.2, 0.25) is 12.7 Å². The summed E-state index contributed by atoms with van der Waals surface area (Å²) in [5.74, 6) is 1.58. The average molecular weight is 264 g/mol. The van der Waals surface area contributed by atoms with Gasteiger partial charge in [0.05, 0.1) is 0 Å². The molecule has 1 aromatic carbocycles. The summed E-state index contributed by atoms with van der Waals surface area (Å²) in [6, 6.07) is 5.70.